The van der Waals surface area contributed by atoms with E-state index < -0.39 is 5.60 Å². The second-order valence-electron chi connectivity index (χ2n) is 7.30. The van der Waals surface area contributed by atoms with E-state index in [4.69, 9.17) is 4.74 Å². The third-order valence-electron chi connectivity index (χ3n) is 3.84. The first-order valence-electron chi connectivity index (χ1n) is 8.04. The SMILES string of the molecule is CC(NC1CCCC1CNC(=O)OC(C)(C)C)C(=O)N(C)C. The summed E-state index contributed by atoms with van der Waals surface area (Å²) in [5, 5.41) is 6.24. The van der Waals surface area contributed by atoms with E-state index in [1.165, 1.54) is 0 Å². The van der Waals surface area contributed by atoms with Gasteiger partial charge in [-0.3, -0.25) is 4.79 Å². The minimum Gasteiger partial charge on any atom is -0.444 e. The first kappa shape index (κ1) is 18.7. The normalized spacial score (nSPS) is 23.0. The maximum absolute atomic E-state index is 11.9. The Morgan fingerprint density at radius 2 is 1.91 bits per heavy atom. The molecule has 22 heavy (non-hydrogen) atoms. The third-order valence-corrected chi connectivity index (χ3v) is 3.84. The minimum atomic E-state index is -0.482. The second kappa shape index (κ2) is 7.81. The van der Waals surface area contributed by atoms with Gasteiger partial charge in [0.1, 0.15) is 5.60 Å². The van der Waals surface area contributed by atoms with Gasteiger partial charge in [0.05, 0.1) is 6.04 Å². The van der Waals surface area contributed by atoms with Crippen molar-refractivity contribution >= 4 is 12.0 Å². The zero-order valence-corrected chi connectivity index (χ0v) is 14.7. The van der Waals surface area contributed by atoms with Crippen molar-refractivity contribution < 1.29 is 14.3 Å². The van der Waals surface area contributed by atoms with Gasteiger partial charge in [0.15, 0.2) is 0 Å². The quantitative estimate of drug-likeness (QED) is 0.811. The lowest BCUT2D eigenvalue weighted by Crippen LogP contribution is -2.49. The number of likely N-dealkylation sites (N-methyl/N-ethyl adjacent to an activating group) is 1. The molecule has 0 aromatic heterocycles. The Balaban J connectivity index is 2.43. The maximum atomic E-state index is 11.9. The molecule has 3 unspecified atom stereocenters. The number of carbonyl (C=O) groups excluding carboxylic acids is 2. The Morgan fingerprint density at radius 3 is 2.45 bits per heavy atom. The molecular weight excluding hydrogens is 282 g/mol. The van der Waals surface area contributed by atoms with Crippen molar-refractivity contribution in [1.82, 2.24) is 15.5 Å². The van der Waals surface area contributed by atoms with E-state index in [2.05, 4.69) is 10.6 Å². The highest BCUT2D eigenvalue weighted by Gasteiger charge is 2.30. The molecule has 0 radical (unpaired) electrons. The smallest absolute Gasteiger partial charge is 0.407 e. The molecule has 0 bridgehead atoms. The molecule has 0 aliphatic heterocycles. The molecule has 1 rings (SSSR count). The third kappa shape index (κ3) is 6.22. The monoisotopic (exact) mass is 313 g/mol. The van der Waals surface area contributed by atoms with E-state index in [0.717, 1.165) is 19.3 Å². The summed E-state index contributed by atoms with van der Waals surface area (Å²) in [6.45, 7) is 8.01. The fourth-order valence-electron chi connectivity index (χ4n) is 2.81. The lowest BCUT2D eigenvalue weighted by atomic mass is 10.0. The highest BCUT2D eigenvalue weighted by Crippen LogP contribution is 2.25. The molecule has 0 spiro atoms. The van der Waals surface area contributed by atoms with Crippen molar-refractivity contribution in [2.75, 3.05) is 20.6 Å². The Labute approximate surface area is 134 Å². The van der Waals surface area contributed by atoms with E-state index in [9.17, 15) is 9.59 Å². The van der Waals surface area contributed by atoms with Gasteiger partial charge >= 0.3 is 6.09 Å². The molecule has 2 amide bonds. The second-order valence-corrected chi connectivity index (χ2v) is 7.30. The molecule has 1 fully saturated rings. The fraction of sp³-hybridized carbons (Fsp3) is 0.875. The molecule has 6 heteroatoms. The Kier molecular flexibility index (Phi) is 6.66. The number of nitrogens with one attached hydrogen (secondary N) is 2. The van der Waals surface area contributed by atoms with Crippen molar-refractivity contribution in [2.45, 2.75) is 64.6 Å². The van der Waals surface area contributed by atoms with Crippen LogP contribution in [0, 0.1) is 5.92 Å². The van der Waals surface area contributed by atoms with Crippen molar-refractivity contribution in [2.24, 2.45) is 5.92 Å². The van der Waals surface area contributed by atoms with Crippen LogP contribution in [0.3, 0.4) is 0 Å². The zero-order valence-electron chi connectivity index (χ0n) is 14.7. The zero-order chi connectivity index (χ0) is 16.9. The number of nitrogens with zero attached hydrogens (tertiary/aromatic N) is 1. The van der Waals surface area contributed by atoms with Gasteiger partial charge in [-0.15, -0.1) is 0 Å². The van der Waals surface area contributed by atoms with Crippen LogP contribution >= 0.6 is 0 Å². The summed E-state index contributed by atoms with van der Waals surface area (Å²) in [7, 11) is 3.52. The van der Waals surface area contributed by atoms with Crippen LogP contribution in [0.25, 0.3) is 0 Å². The average Bonchev–Trinajstić information content (AvgIpc) is 2.80. The van der Waals surface area contributed by atoms with Gasteiger partial charge < -0.3 is 20.3 Å². The van der Waals surface area contributed by atoms with Crippen LogP contribution in [0.15, 0.2) is 0 Å². The molecule has 2 N–H and O–H groups in total. The highest BCUT2D eigenvalue weighted by atomic mass is 16.6. The summed E-state index contributed by atoms with van der Waals surface area (Å²) in [5.41, 5.74) is -0.482. The van der Waals surface area contributed by atoms with Crippen LogP contribution in [0.1, 0.15) is 47.0 Å². The van der Waals surface area contributed by atoms with Gasteiger partial charge in [0.2, 0.25) is 5.91 Å². The number of alkyl carbamates (subject to hydrolysis) is 1. The molecule has 1 aliphatic rings. The van der Waals surface area contributed by atoms with E-state index in [0.29, 0.717) is 12.5 Å². The number of amides is 2. The number of carbonyl (C=O) groups is 2. The van der Waals surface area contributed by atoms with E-state index in [1.54, 1.807) is 19.0 Å². The van der Waals surface area contributed by atoms with Crippen LogP contribution < -0.4 is 10.6 Å². The molecule has 3 atom stereocenters. The lowest BCUT2D eigenvalue weighted by Gasteiger charge is -2.27. The van der Waals surface area contributed by atoms with Crippen LogP contribution in [-0.4, -0.2) is 55.2 Å². The first-order valence-corrected chi connectivity index (χ1v) is 8.04. The molecule has 1 saturated carbocycles. The van der Waals surface area contributed by atoms with Gasteiger partial charge in [0, 0.05) is 26.7 Å². The van der Waals surface area contributed by atoms with Gasteiger partial charge in [-0.25, -0.2) is 4.79 Å². The molecular formula is C16H31N3O3. The van der Waals surface area contributed by atoms with Crippen molar-refractivity contribution in [3.05, 3.63) is 0 Å². The Morgan fingerprint density at radius 1 is 1.27 bits per heavy atom. The summed E-state index contributed by atoms with van der Waals surface area (Å²) >= 11 is 0. The van der Waals surface area contributed by atoms with E-state index in [-0.39, 0.29) is 24.1 Å². The maximum Gasteiger partial charge on any atom is 0.407 e. The lowest BCUT2D eigenvalue weighted by molar-refractivity contribution is -0.130. The van der Waals surface area contributed by atoms with Crippen molar-refractivity contribution in [3.8, 4) is 0 Å². The van der Waals surface area contributed by atoms with Crippen molar-refractivity contribution in [3.63, 3.8) is 0 Å². The summed E-state index contributed by atoms with van der Waals surface area (Å²) in [6, 6.07) is 0.0518. The average molecular weight is 313 g/mol. The molecule has 0 heterocycles. The molecule has 0 saturated heterocycles. The summed E-state index contributed by atoms with van der Waals surface area (Å²) in [6.07, 6.45) is 2.82. The molecule has 6 nitrogen and oxygen atoms in total. The predicted molar refractivity (Wildman–Crippen MR) is 86.7 cm³/mol. The van der Waals surface area contributed by atoms with Gasteiger partial charge in [-0.1, -0.05) is 6.42 Å². The van der Waals surface area contributed by atoms with Crippen LogP contribution in [-0.2, 0) is 9.53 Å². The van der Waals surface area contributed by atoms with Crippen LogP contribution in [0.5, 0.6) is 0 Å². The number of ether oxygens (including phenoxy) is 1. The topological polar surface area (TPSA) is 70.7 Å². The first-order chi connectivity index (χ1) is 10.1. The van der Waals surface area contributed by atoms with E-state index in [1.807, 2.05) is 27.7 Å². The summed E-state index contributed by atoms with van der Waals surface area (Å²) < 4.78 is 5.25. The largest absolute Gasteiger partial charge is 0.444 e. The standard InChI is InChI=1S/C16H31N3O3/c1-11(14(20)19(5)6)18-13-9-7-8-12(13)10-17-15(21)22-16(2,3)4/h11-13,18H,7-10H2,1-6H3,(H,17,21). The molecule has 128 valence electrons. The number of hydrogen-bond donors (Lipinski definition) is 2. The van der Waals surface area contributed by atoms with Gasteiger partial charge in [0.25, 0.3) is 0 Å². The van der Waals surface area contributed by atoms with E-state index >= 15 is 0 Å². The Bertz CT molecular complexity index is 391. The summed E-state index contributed by atoms with van der Waals surface area (Å²) in [5.74, 6) is 0.413. The summed E-state index contributed by atoms with van der Waals surface area (Å²) in [4.78, 5) is 25.3. The fourth-order valence-corrected chi connectivity index (χ4v) is 2.81. The van der Waals surface area contributed by atoms with Gasteiger partial charge in [-0.2, -0.15) is 0 Å². The van der Waals surface area contributed by atoms with Crippen LogP contribution in [0.4, 0.5) is 4.79 Å². The molecule has 0 aromatic rings. The predicted octanol–water partition coefficient (Wildman–Crippen LogP) is 1.75. The van der Waals surface area contributed by atoms with Crippen LogP contribution in [0.2, 0.25) is 0 Å². The Hall–Kier alpha value is -1.30. The molecule has 0 aromatic carbocycles. The number of hydrogen-bond acceptors (Lipinski definition) is 4. The van der Waals surface area contributed by atoms with Gasteiger partial charge in [-0.05, 0) is 46.5 Å². The highest BCUT2D eigenvalue weighted by molar-refractivity contribution is 5.80. The minimum absolute atomic E-state index is 0.0748. The van der Waals surface area contributed by atoms with Crippen molar-refractivity contribution in [1.29, 1.82) is 0 Å². The molecule has 1 aliphatic carbocycles. The number of rotatable bonds is 5.